The first-order valence-corrected chi connectivity index (χ1v) is 9.16. The third kappa shape index (κ3) is 5.32. The molecular formula is C21H23FN4O3. The molecule has 0 saturated heterocycles. The number of amides is 1. The molecule has 0 spiro atoms. The minimum Gasteiger partial charge on any atom is -0.489 e. The van der Waals surface area contributed by atoms with E-state index < -0.39 is 6.04 Å². The van der Waals surface area contributed by atoms with E-state index >= 15 is 0 Å². The molecule has 0 fully saturated rings. The van der Waals surface area contributed by atoms with Crippen molar-refractivity contribution >= 4 is 23.0 Å². The number of benzene rings is 2. The lowest BCUT2D eigenvalue weighted by Gasteiger charge is -2.15. The molecule has 0 aliphatic carbocycles. The number of halogens is 1. The monoisotopic (exact) mass is 398 g/mol. The minimum atomic E-state index is -0.548. The van der Waals surface area contributed by atoms with Gasteiger partial charge >= 0.3 is 0 Å². The number of carbonyl (C=O) groups is 1. The van der Waals surface area contributed by atoms with Gasteiger partial charge in [-0.1, -0.05) is 30.3 Å². The molecule has 1 heterocycles. The number of carbonyl (C=O) groups excluding carboxylic acids is 1. The Labute approximate surface area is 167 Å². The predicted molar refractivity (Wildman–Crippen MR) is 109 cm³/mol. The zero-order valence-electron chi connectivity index (χ0n) is 16.0. The van der Waals surface area contributed by atoms with Crippen LogP contribution in [-0.4, -0.2) is 37.1 Å². The number of oxazole rings is 1. The number of ether oxygens (including phenoxy) is 1. The third-order valence-electron chi connectivity index (χ3n) is 4.34. The Morgan fingerprint density at radius 2 is 2.10 bits per heavy atom. The van der Waals surface area contributed by atoms with Crippen molar-refractivity contribution in [3.8, 4) is 5.75 Å². The van der Waals surface area contributed by atoms with E-state index in [1.54, 1.807) is 25.2 Å². The van der Waals surface area contributed by atoms with Crippen LogP contribution in [0.25, 0.3) is 11.1 Å². The normalized spacial score (nSPS) is 12.6. The molecule has 7 nitrogen and oxygen atoms in total. The van der Waals surface area contributed by atoms with Crippen LogP contribution in [0, 0.1) is 0 Å². The van der Waals surface area contributed by atoms with Gasteiger partial charge in [0.05, 0.1) is 6.33 Å². The second kappa shape index (κ2) is 9.70. The van der Waals surface area contributed by atoms with Gasteiger partial charge in [-0.05, 0) is 17.7 Å². The Bertz CT molecular complexity index is 988. The van der Waals surface area contributed by atoms with Crippen molar-refractivity contribution in [3.63, 3.8) is 0 Å². The fraction of sp³-hybridized carbons (Fsp3) is 0.238. The van der Waals surface area contributed by atoms with Crippen LogP contribution in [0.5, 0.6) is 5.75 Å². The molecule has 1 amide bonds. The van der Waals surface area contributed by atoms with Gasteiger partial charge in [-0.25, -0.2) is 4.39 Å². The summed E-state index contributed by atoms with van der Waals surface area (Å²) < 4.78 is 23.9. The number of nitrogens with one attached hydrogen (secondary N) is 2. The molecule has 0 aliphatic heterocycles. The first-order valence-electron chi connectivity index (χ1n) is 9.16. The Morgan fingerprint density at radius 1 is 1.31 bits per heavy atom. The van der Waals surface area contributed by atoms with E-state index in [1.165, 1.54) is 0 Å². The highest BCUT2D eigenvalue weighted by molar-refractivity contribution is 5.84. The number of anilines is 1. The Morgan fingerprint density at radius 3 is 2.79 bits per heavy atom. The molecule has 0 radical (unpaired) electrons. The molecule has 29 heavy (non-hydrogen) atoms. The van der Waals surface area contributed by atoms with Crippen LogP contribution >= 0.6 is 0 Å². The zero-order valence-corrected chi connectivity index (χ0v) is 16.0. The average molecular weight is 398 g/mol. The van der Waals surface area contributed by atoms with Crippen LogP contribution in [0.4, 0.5) is 10.4 Å². The summed E-state index contributed by atoms with van der Waals surface area (Å²) >= 11 is 0. The lowest BCUT2D eigenvalue weighted by molar-refractivity contribution is -0.121. The van der Waals surface area contributed by atoms with Crippen molar-refractivity contribution in [1.82, 2.24) is 10.3 Å². The molecule has 8 heteroatoms. The first-order chi connectivity index (χ1) is 14.1. The summed E-state index contributed by atoms with van der Waals surface area (Å²) in [7, 11) is 1.58. The van der Waals surface area contributed by atoms with Crippen molar-refractivity contribution in [1.29, 1.82) is 0 Å². The first kappa shape index (κ1) is 20.3. The number of hydrogen-bond donors (Lipinski definition) is 3. The lowest BCUT2D eigenvalue weighted by Crippen LogP contribution is -2.39. The highest BCUT2D eigenvalue weighted by atomic mass is 19.1. The maximum absolute atomic E-state index is 12.6. The van der Waals surface area contributed by atoms with E-state index in [9.17, 15) is 9.18 Å². The number of fused-ring (bicyclic) bond motifs is 1. The van der Waals surface area contributed by atoms with Crippen molar-refractivity contribution in [2.75, 3.05) is 25.5 Å². The van der Waals surface area contributed by atoms with E-state index in [4.69, 9.17) is 14.9 Å². The van der Waals surface area contributed by atoms with E-state index in [0.717, 1.165) is 5.56 Å². The maximum atomic E-state index is 12.6. The van der Waals surface area contributed by atoms with E-state index in [2.05, 4.69) is 15.6 Å². The molecular weight excluding hydrogens is 375 g/mol. The second-order valence-corrected chi connectivity index (χ2v) is 6.41. The summed E-state index contributed by atoms with van der Waals surface area (Å²) in [6, 6.07) is 14.5. The van der Waals surface area contributed by atoms with Crippen LogP contribution in [-0.2, 0) is 11.2 Å². The Kier molecular flexibility index (Phi) is 6.80. The van der Waals surface area contributed by atoms with Gasteiger partial charge in [-0.2, -0.15) is 4.98 Å². The van der Waals surface area contributed by atoms with Gasteiger partial charge in [-0.15, -0.1) is 0 Å². The summed E-state index contributed by atoms with van der Waals surface area (Å²) in [5.74, 6) is 0.326. The van der Waals surface area contributed by atoms with Gasteiger partial charge in [0.1, 0.15) is 23.9 Å². The van der Waals surface area contributed by atoms with Crippen LogP contribution in [0.2, 0.25) is 0 Å². The summed E-state index contributed by atoms with van der Waals surface area (Å²) in [4.78, 5) is 16.7. The van der Waals surface area contributed by atoms with Gasteiger partial charge in [0, 0.05) is 31.7 Å². The molecule has 1 aromatic heterocycles. The summed E-state index contributed by atoms with van der Waals surface area (Å²) in [5, 5.41) is 5.70. The minimum absolute atomic E-state index is 0.0492. The number of rotatable bonds is 9. The molecule has 4 N–H and O–H groups in total. The topological polar surface area (TPSA) is 102 Å². The van der Waals surface area contributed by atoms with Crippen LogP contribution in [0.1, 0.15) is 5.56 Å². The highest BCUT2D eigenvalue weighted by Crippen LogP contribution is 2.25. The molecule has 1 atom stereocenters. The Balaban J connectivity index is 1.74. The molecule has 0 bridgehead atoms. The van der Waals surface area contributed by atoms with E-state index in [1.807, 2.05) is 30.3 Å². The maximum Gasteiger partial charge on any atom is 0.296 e. The van der Waals surface area contributed by atoms with Crippen LogP contribution in [0.15, 0.2) is 64.9 Å². The fourth-order valence-electron chi connectivity index (χ4n) is 2.75. The van der Waals surface area contributed by atoms with Crippen molar-refractivity contribution in [2.45, 2.75) is 12.5 Å². The zero-order chi connectivity index (χ0) is 20.6. The smallest absolute Gasteiger partial charge is 0.296 e. The number of aromatic nitrogens is 1. The Hall–Kier alpha value is -3.39. The number of nitrogens with two attached hydrogens (primary N) is 1. The molecule has 3 rings (SSSR count). The molecule has 2 aromatic carbocycles. The van der Waals surface area contributed by atoms with Gasteiger partial charge in [0.25, 0.3) is 6.01 Å². The molecule has 0 aliphatic rings. The van der Waals surface area contributed by atoms with E-state index in [-0.39, 0.29) is 25.1 Å². The number of hydrogen-bond acceptors (Lipinski definition) is 6. The SMILES string of the molecule is CNC(=O)[C@@H](Cc1ccccc1)Nc1nc2ccc(OC/C(=C\F)CN)cc2o1. The molecule has 152 valence electrons. The van der Waals surface area contributed by atoms with Gasteiger partial charge < -0.3 is 25.5 Å². The van der Waals surface area contributed by atoms with Gasteiger partial charge in [0.15, 0.2) is 5.58 Å². The average Bonchev–Trinajstić information content (AvgIpc) is 3.15. The van der Waals surface area contributed by atoms with Crippen LogP contribution in [0.3, 0.4) is 0 Å². The number of nitrogens with zero attached hydrogens (tertiary/aromatic N) is 1. The number of likely N-dealkylation sites (N-methyl/N-ethyl adjacent to an activating group) is 1. The predicted octanol–water partition coefficient (Wildman–Crippen LogP) is 2.79. The largest absolute Gasteiger partial charge is 0.489 e. The molecule has 0 unspecified atom stereocenters. The van der Waals surface area contributed by atoms with Gasteiger partial charge in [-0.3, -0.25) is 4.79 Å². The lowest BCUT2D eigenvalue weighted by atomic mass is 10.1. The fourth-order valence-corrected chi connectivity index (χ4v) is 2.75. The molecule has 0 saturated carbocycles. The van der Waals surface area contributed by atoms with Gasteiger partial charge in [0.2, 0.25) is 5.91 Å². The standard InChI is InChI=1S/C21H23FN4O3/c1-24-20(27)18(9-14-5-3-2-4-6-14)26-21-25-17-8-7-16(10-19(17)29-21)28-13-15(11-22)12-23/h2-8,10-11,18H,9,12-13,23H2,1H3,(H,24,27)(H,25,26)/b15-11-/t18-/m1/s1. The second-order valence-electron chi connectivity index (χ2n) is 6.41. The van der Waals surface area contributed by atoms with E-state index in [0.29, 0.717) is 35.2 Å². The van der Waals surface area contributed by atoms with Crippen LogP contribution < -0.4 is 21.1 Å². The highest BCUT2D eigenvalue weighted by Gasteiger charge is 2.20. The summed E-state index contributed by atoms with van der Waals surface area (Å²) in [6.07, 6.45) is 0.922. The van der Waals surface area contributed by atoms with Crippen molar-refractivity contribution in [3.05, 3.63) is 66.0 Å². The van der Waals surface area contributed by atoms with Crippen molar-refractivity contribution < 1.29 is 18.3 Å². The summed E-state index contributed by atoms with van der Waals surface area (Å²) in [5.41, 5.74) is 7.87. The molecule has 3 aromatic rings. The summed E-state index contributed by atoms with van der Waals surface area (Å²) in [6.45, 7) is 0.130. The quantitative estimate of drug-likeness (QED) is 0.512. The van der Waals surface area contributed by atoms with Crippen molar-refractivity contribution in [2.24, 2.45) is 5.73 Å². The third-order valence-corrected chi connectivity index (χ3v) is 4.34.